The summed E-state index contributed by atoms with van der Waals surface area (Å²) in [6.07, 6.45) is 1.51. The minimum Gasteiger partial charge on any atom is -0.383 e. The Labute approximate surface area is 113 Å². The number of nitrogens with one attached hydrogen (secondary N) is 1. The molecule has 0 aromatic heterocycles. The Hall–Kier alpha value is -0.880. The van der Waals surface area contributed by atoms with Crippen molar-refractivity contribution >= 4 is 27.7 Å². The lowest BCUT2D eigenvalue weighted by Crippen LogP contribution is -2.34. The van der Waals surface area contributed by atoms with Gasteiger partial charge in [-0.25, -0.2) is 13.1 Å². The number of hydrogen-bond acceptors (Lipinski definition) is 3. The molecule has 0 radical (unpaired) electrons. The van der Waals surface area contributed by atoms with Crippen LogP contribution < -0.4 is 4.72 Å². The van der Waals surface area contributed by atoms with E-state index in [9.17, 15) is 8.42 Å². The van der Waals surface area contributed by atoms with E-state index in [4.69, 9.17) is 16.3 Å². The van der Waals surface area contributed by atoms with E-state index in [1.165, 1.54) is 13.2 Å². The minimum atomic E-state index is -3.45. The van der Waals surface area contributed by atoms with Gasteiger partial charge >= 0.3 is 0 Å². The predicted molar refractivity (Wildman–Crippen MR) is 73.9 cm³/mol. The second kappa shape index (κ2) is 6.89. The van der Waals surface area contributed by atoms with E-state index in [-0.39, 0.29) is 6.04 Å². The van der Waals surface area contributed by atoms with Gasteiger partial charge in [0.2, 0.25) is 10.0 Å². The van der Waals surface area contributed by atoms with Gasteiger partial charge in [0.15, 0.2) is 0 Å². The largest absolute Gasteiger partial charge is 0.383 e. The van der Waals surface area contributed by atoms with Gasteiger partial charge in [0.1, 0.15) is 0 Å². The number of rotatable bonds is 6. The first-order valence-corrected chi connectivity index (χ1v) is 7.30. The molecule has 0 bridgehead atoms. The molecular formula is C12H16ClNO3S. The molecule has 1 aromatic carbocycles. The van der Waals surface area contributed by atoms with Gasteiger partial charge in [-0.15, -0.1) is 0 Å². The average Bonchev–Trinajstić information content (AvgIpc) is 2.28. The molecule has 0 aliphatic rings. The van der Waals surface area contributed by atoms with Crippen molar-refractivity contribution in [2.75, 3.05) is 13.7 Å². The van der Waals surface area contributed by atoms with Crippen LogP contribution in [0.2, 0.25) is 5.02 Å². The molecule has 6 heteroatoms. The third-order valence-corrected chi connectivity index (χ3v) is 3.57. The number of halogens is 1. The number of methoxy groups -OCH3 is 1. The Morgan fingerprint density at radius 2 is 2.00 bits per heavy atom. The Morgan fingerprint density at radius 1 is 1.39 bits per heavy atom. The summed E-state index contributed by atoms with van der Waals surface area (Å²) in [4.78, 5) is 0. The fourth-order valence-electron chi connectivity index (χ4n) is 1.35. The third-order valence-electron chi connectivity index (χ3n) is 2.09. The summed E-state index contributed by atoms with van der Waals surface area (Å²) in [5.74, 6) is 0. The van der Waals surface area contributed by atoms with Gasteiger partial charge in [0, 0.05) is 23.6 Å². The fraction of sp³-hybridized carbons (Fsp3) is 0.333. The molecule has 0 saturated heterocycles. The smallest absolute Gasteiger partial charge is 0.234 e. The molecule has 0 spiro atoms. The quantitative estimate of drug-likeness (QED) is 0.874. The Kier molecular flexibility index (Phi) is 5.81. The van der Waals surface area contributed by atoms with Crippen LogP contribution in [0.25, 0.3) is 6.08 Å². The van der Waals surface area contributed by atoms with Crippen molar-refractivity contribution in [2.45, 2.75) is 13.0 Å². The van der Waals surface area contributed by atoms with Gasteiger partial charge in [0.25, 0.3) is 0 Å². The van der Waals surface area contributed by atoms with Gasteiger partial charge in [-0.1, -0.05) is 23.7 Å². The molecule has 1 rings (SSSR count). The minimum absolute atomic E-state index is 0.269. The van der Waals surface area contributed by atoms with E-state index >= 15 is 0 Å². The van der Waals surface area contributed by atoms with Crippen molar-refractivity contribution in [1.82, 2.24) is 4.72 Å². The Bertz CT molecular complexity index is 497. The molecule has 0 fully saturated rings. The fourth-order valence-corrected chi connectivity index (χ4v) is 2.52. The maximum atomic E-state index is 11.7. The molecule has 0 unspecified atom stereocenters. The van der Waals surface area contributed by atoms with E-state index in [1.807, 2.05) is 0 Å². The molecule has 0 heterocycles. The number of ether oxygens (including phenoxy) is 1. The first-order valence-electron chi connectivity index (χ1n) is 5.38. The van der Waals surface area contributed by atoms with E-state index in [0.717, 1.165) is 11.0 Å². The molecule has 1 N–H and O–H groups in total. The van der Waals surface area contributed by atoms with Crippen LogP contribution in [0.5, 0.6) is 0 Å². The van der Waals surface area contributed by atoms with E-state index in [1.54, 1.807) is 31.2 Å². The number of hydrogen-bond donors (Lipinski definition) is 1. The summed E-state index contributed by atoms with van der Waals surface area (Å²) >= 11 is 5.74. The lowest BCUT2D eigenvalue weighted by Gasteiger charge is -2.10. The normalized spacial score (nSPS) is 13.9. The lowest BCUT2D eigenvalue weighted by atomic mass is 10.2. The van der Waals surface area contributed by atoms with Crippen LogP contribution in [0.3, 0.4) is 0 Å². The van der Waals surface area contributed by atoms with E-state index in [0.29, 0.717) is 11.6 Å². The monoisotopic (exact) mass is 289 g/mol. The van der Waals surface area contributed by atoms with Crippen LogP contribution in [0.4, 0.5) is 0 Å². The van der Waals surface area contributed by atoms with Gasteiger partial charge in [0.05, 0.1) is 6.61 Å². The summed E-state index contributed by atoms with van der Waals surface area (Å²) in [5, 5.41) is 1.74. The summed E-state index contributed by atoms with van der Waals surface area (Å²) in [6.45, 7) is 2.06. The zero-order valence-corrected chi connectivity index (χ0v) is 11.8. The molecule has 0 amide bonds. The van der Waals surface area contributed by atoms with Crippen molar-refractivity contribution in [2.24, 2.45) is 0 Å². The van der Waals surface area contributed by atoms with E-state index < -0.39 is 10.0 Å². The Balaban J connectivity index is 2.67. The number of benzene rings is 1. The summed E-state index contributed by atoms with van der Waals surface area (Å²) in [7, 11) is -1.93. The van der Waals surface area contributed by atoms with Crippen LogP contribution in [0, 0.1) is 0 Å². The maximum Gasteiger partial charge on any atom is 0.234 e. The molecular weight excluding hydrogens is 274 g/mol. The van der Waals surface area contributed by atoms with Crippen molar-refractivity contribution in [1.29, 1.82) is 0 Å². The highest BCUT2D eigenvalue weighted by Crippen LogP contribution is 2.11. The average molecular weight is 290 g/mol. The van der Waals surface area contributed by atoms with Crippen molar-refractivity contribution in [3.05, 3.63) is 40.3 Å². The molecule has 1 aromatic rings. The molecule has 100 valence electrons. The van der Waals surface area contributed by atoms with Crippen LogP contribution >= 0.6 is 11.6 Å². The molecule has 0 aliphatic carbocycles. The second-order valence-electron chi connectivity index (χ2n) is 3.87. The van der Waals surface area contributed by atoms with Crippen molar-refractivity contribution in [3.8, 4) is 0 Å². The maximum absolute atomic E-state index is 11.7. The topological polar surface area (TPSA) is 55.4 Å². The van der Waals surface area contributed by atoms with Crippen LogP contribution in [-0.4, -0.2) is 28.2 Å². The molecule has 4 nitrogen and oxygen atoms in total. The molecule has 0 saturated carbocycles. The van der Waals surface area contributed by atoms with Gasteiger partial charge in [-0.05, 0) is 30.7 Å². The standard InChI is InChI=1S/C12H16ClNO3S/c1-10(9-17-2)14-18(15,16)8-7-11-3-5-12(13)6-4-11/h3-8,10,14H,9H2,1-2H3/b8-7+/t10-/m1/s1. The highest BCUT2D eigenvalue weighted by atomic mass is 35.5. The second-order valence-corrected chi connectivity index (χ2v) is 5.91. The first-order chi connectivity index (χ1) is 8.43. The van der Waals surface area contributed by atoms with Crippen molar-refractivity contribution < 1.29 is 13.2 Å². The summed E-state index contributed by atoms with van der Waals surface area (Å²) < 4.78 is 30.7. The van der Waals surface area contributed by atoms with Gasteiger partial charge in [-0.2, -0.15) is 0 Å². The summed E-state index contributed by atoms with van der Waals surface area (Å²) in [5.41, 5.74) is 0.768. The van der Waals surface area contributed by atoms with Crippen LogP contribution in [0.1, 0.15) is 12.5 Å². The highest BCUT2D eigenvalue weighted by Gasteiger charge is 2.10. The Morgan fingerprint density at radius 3 is 2.56 bits per heavy atom. The van der Waals surface area contributed by atoms with Gasteiger partial charge in [-0.3, -0.25) is 0 Å². The molecule has 0 aliphatic heterocycles. The van der Waals surface area contributed by atoms with Crippen LogP contribution in [0.15, 0.2) is 29.7 Å². The third kappa shape index (κ3) is 5.64. The zero-order chi connectivity index (χ0) is 13.6. The molecule has 1 atom stereocenters. The van der Waals surface area contributed by atoms with Gasteiger partial charge < -0.3 is 4.74 Å². The highest BCUT2D eigenvalue weighted by molar-refractivity contribution is 7.92. The lowest BCUT2D eigenvalue weighted by molar-refractivity contribution is 0.180. The van der Waals surface area contributed by atoms with Crippen LogP contribution in [-0.2, 0) is 14.8 Å². The molecule has 18 heavy (non-hydrogen) atoms. The zero-order valence-electron chi connectivity index (χ0n) is 10.3. The summed E-state index contributed by atoms with van der Waals surface area (Å²) in [6, 6.07) is 6.62. The van der Waals surface area contributed by atoms with Crippen molar-refractivity contribution in [3.63, 3.8) is 0 Å². The first kappa shape index (κ1) is 15.2. The SMILES string of the molecule is COC[C@@H](C)NS(=O)(=O)/C=C/c1ccc(Cl)cc1. The van der Waals surface area contributed by atoms with E-state index in [2.05, 4.69) is 4.72 Å². The predicted octanol–water partition coefficient (Wildman–Crippen LogP) is 2.26. The number of sulfonamides is 1.